The molecule has 0 amide bonds. The minimum absolute atomic E-state index is 0.181. The standard InChI is InChI=1S/C19H32N2O/c1-18(2,3)9-7-14-8-10-20-17(11-14)22-16-12-15(13-16)21-19(4,5)6/h8,10-11,15-16,21H,7,9,12-13H2,1-6H3/t15-,16-. The first-order chi connectivity index (χ1) is 10.1. The van der Waals surface area contributed by atoms with Crippen molar-refractivity contribution in [3.05, 3.63) is 23.9 Å². The molecule has 0 saturated heterocycles. The lowest BCUT2D eigenvalue weighted by atomic mass is 9.87. The van der Waals surface area contributed by atoms with Crippen LogP contribution < -0.4 is 10.1 Å². The van der Waals surface area contributed by atoms with Gasteiger partial charge >= 0.3 is 0 Å². The monoisotopic (exact) mass is 304 g/mol. The highest BCUT2D eigenvalue weighted by Gasteiger charge is 2.33. The Morgan fingerprint density at radius 1 is 1.18 bits per heavy atom. The first-order valence-corrected chi connectivity index (χ1v) is 8.50. The number of aromatic nitrogens is 1. The fourth-order valence-corrected chi connectivity index (χ4v) is 2.75. The van der Waals surface area contributed by atoms with Gasteiger partial charge in [-0.25, -0.2) is 4.98 Å². The van der Waals surface area contributed by atoms with E-state index < -0.39 is 0 Å². The molecule has 1 aliphatic rings. The van der Waals surface area contributed by atoms with Crippen LogP contribution in [0.15, 0.2) is 18.3 Å². The Hall–Kier alpha value is -1.09. The van der Waals surface area contributed by atoms with Gasteiger partial charge in [-0.2, -0.15) is 0 Å². The third-order valence-corrected chi connectivity index (χ3v) is 3.98. The Bertz CT molecular complexity index is 479. The molecule has 0 atom stereocenters. The van der Waals surface area contributed by atoms with Gasteiger partial charge in [0.15, 0.2) is 0 Å². The summed E-state index contributed by atoms with van der Waals surface area (Å²) in [5, 5.41) is 3.62. The summed E-state index contributed by atoms with van der Waals surface area (Å²) >= 11 is 0. The predicted molar refractivity (Wildman–Crippen MR) is 92.3 cm³/mol. The van der Waals surface area contributed by atoms with E-state index in [0.29, 0.717) is 17.6 Å². The molecule has 0 aliphatic heterocycles. The Morgan fingerprint density at radius 2 is 1.86 bits per heavy atom. The van der Waals surface area contributed by atoms with E-state index in [1.54, 1.807) is 0 Å². The number of nitrogens with zero attached hydrogens (tertiary/aromatic N) is 1. The minimum Gasteiger partial charge on any atom is -0.474 e. The molecular weight excluding hydrogens is 272 g/mol. The van der Waals surface area contributed by atoms with Crippen molar-refractivity contribution in [2.45, 2.75) is 84.9 Å². The van der Waals surface area contributed by atoms with Gasteiger partial charge in [-0.15, -0.1) is 0 Å². The molecule has 2 rings (SSSR count). The molecule has 124 valence electrons. The number of hydrogen-bond acceptors (Lipinski definition) is 3. The number of pyridine rings is 1. The Balaban J connectivity index is 1.80. The van der Waals surface area contributed by atoms with Gasteiger partial charge in [0.2, 0.25) is 5.88 Å². The Labute approximate surface area is 135 Å². The molecule has 1 fully saturated rings. The van der Waals surface area contributed by atoms with Crippen molar-refractivity contribution >= 4 is 0 Å². The number of nitrogens with one attached hydrogen (secondary N) is 1. The lowest BCUT2D eigenvalue weighted by Gasteiger charge is -2.39. The van der Waals surface area contributed by atoms with Gasteiger partial charge in [0.25, 0.3) is 0 Å². The van der Waals surface area contributed by atoms with Crippen LogP contribution in [-0.2, 0) is 6.42 Å². The fraction of sp³-hybridized carbons (Fsp3) is 0.737. The zero-order chi connectivity index (χ0) is 16.4. The van der Waals surface area contributed by atoms with Gasteiger partial charge in [0.05, 0.1) is 0 Å². The van der Waals surface area contributed by atoms with Crippen LogP contribution in [0.1, 0.15) is 66.4 Å². The molecular formula is C19H32N2O. The second kappa shape index (κ2) is 6.57. The third kappa shape index (κ3) is 5.96. The summed E-state index contributed by atoms with van der Waals surface area (Å²) in [4.78, 5) is 4.36. The maximum Gasteiger partial charge on any atom is 0.213 e. The molecule has 1 aliphatic carbocycles. The van der Waals surface area contributed by atoms with Gasteiger partial charge in [-0.05, 0) is 63.5 Å². The van der Waals surface area contributed by atoms with Crippen molar-refractivity contribution in [2.75, 3.05) is 0 Å². The summed E-state index contributed by atoms with van der Waals surface area (Å²) in [7, 11) is 0. The Kier molecular flexibility index (Phi) is 5.16. The van der Waals surface area contributed by atoms with E-state index in [1.165, 1.54) is 12.0 Å². The van der Waals surface area contributed by atoms with Gasteiger partial charge in [-0.3, -0.25) is 0 Å². The van der Waals surface area contributed by atoms with Gasteiger partial charge in [0, 0.05) is 23.8 Å². The maximum atomic E-state index is 6.02. The molecule has 0 unspecified atom stereocenters. The van der Waals surface area contributed by atoms with E-state index in [2.05, 4.69) is 64.0 Å². The second-order valence-electron chi connectivity index (χ2n) is 8.87. The molecule has 3 heteroatoms. The molecule has 0 spiro atoms. The van der Waals surface area contributed by atoms with Crippen molar-refractivity contribution in [3.63, 3.8) is 0 Å². The highest BCUT2D eigenvalue weighted by molar-refractivity contribution is 5.21. The molecule has 1 aromatic rings. The SMILES string of the molecule is CC(C)(C)CCc1ccnc(O[C@H]2C[C@H](NC(C)(C)C)C2)c1. The van der Waals surface area contributed by atoms with Gasteiger partial charge in [-0.1, -0.05) is 20.8 Å². The number of rotatable bonds is 5. The van der Waals surface area contributed by atoms with Crippen LogP contribution in [0.2, 0.25) is 0 Å². The zero-order valence-corrected chi connectivity index (χ0v) is 15.1. The smallest absolute Gasteiger partial charge is 0.213 e. The van der Waals surface area contributed by atoms with Crippen molar-refractivity contribution in [1.29, 1.82) is 0 Å². The molecule has 1 N–H and O–H groups in total. The number of hydrogen-bond donors (Lipinski definition) is 1. The van der Waals surface area contributed by atoms with Gasteiger partial charge in [0.1, 0.15) is 6.10 Å². The van der Waals surface area contributed by atoms with Crippen LogP contribution in [0, 0.1) is 5.41 Å². The summed E-state index contributed by atoms with van der Waals surface area (Å²) in [6.45, 7) is 13.5. The molecule has 1 aromatic heterocycles. The third-order valence-electron chi connectivity index (χ3n) is 3.98. The molecule has 0 aromatic carbocycles. The van der Waals surface area contributed by atoms with E-state index in [-0.39, 0.29) is 5.54 Å². The average molecular weight is 304 g/mol. The molecule has 0 bridgehead atoms. The van der Waals surface area contributed by atoms with E-state index in [4.69, 9.17) is 4.74 Å². The van der Waals surface area contributed by atoms with E-state index >= 15 is 0 Å². The topological polar surface area (TPSA) is 34.1 Å². The second-order valence-corrected chi connectivity index (χ2v) is 8.87. The lowest BCUT2D eigenvalue weighted by Crippen LogP contribution is -2.53. The average Bonchev–Trinajstić information content (AvgIpc) is 2.32. The van der Waals surface area contributed by atoms with E-state index in [0.717, 1.165) is 25.1 Å². The largest absolute Gasteiger partial charge is 0.474 e. The van der Waals surface area contributed by atoms with E-state index in [1.807, 2.05) is 6.20 Å². The van der Waals surface area contributed by atoms with Crippen molar-refractivity contribution < 1.29 is 4.74 Å². The highest BCUT2D eigenvalue weighted by Crippen LogP contribution is 2.27. The van der Waals surface area contributed by atoms with Crippen LogP contribution in [0.25, 0.3) is 0 Å². The molecule has 22 heavy (non-hydrogen) atoms. The number of ether oxygens (including phenoxy) is 1. The number of aryl methyl sites for hydroxylation is 1. The van der Waals surface area contributed by atoms with Crippen LogP contribution in [-0.4, -0.2) is 22.7 Å². The molecule has 0 radical (unpaired) electrons. The summed E-state index contributed by atoms with van der Waals surface area (Å²) in [6.07, 6.45) is 6.59. The predicted octanol–water partition coefficient (Wildman–Crippen LogP) is 4.36. The summed E-state index contributed by atoms with van der Waals surface area (Å²) in [5.41, 5.74) is 1.87. The molecule has 1 saturated carbocycles. The molecule has 1 heterocycles. The normalized spacial score (nSPS) is 22.3. The summed E-state index contributed by atoms with van der Waals surface area (Å²) in [6, 6.07) is 4.79. The first kappa shape index (κ1) is 17.3. The van der Waals surface area contributed by atoms with Crippen LogP contribution in [0.3, 0.4) is 0 Å². The molecule has 3 nitrogen and oxygen atoms in total. The highest BCUT2D eigenvalue weighted by atomic mass is 16.5. The van der Waals surface area contributed by atoms with Crippen LogP contribution >= 0.6 is 0 Å². The minimum atomic E-state index is 0.181. The first-order valence-electron chi connectivity index (χ1n) is 8.50. The summed E-state index contributed by atoms with van der Waals surface area (Å²) in [5.74, 6) is 0.783. The Morgan fingerprint density at radius 3 is 2.45 bits per heavy atom. The summed E-state index contributed by atoms with van der Waals surface area (Å²) < 4.78 is 6.02. The van der Waals surface area contributed by atoms with Crippen molar-refractivity contribution in [2.24, 2.45) is 5.41 Å². The van der Waals surface area contributed by atoms with Crippen LogP contribution in [0.4, 0.5) is 0 Å². The maximum absolute atomic E-state index is 6.02. The lowest BCUT2D eigenvalue weighted by molar-refractivity contribution is 0.0693. The zero-order valence-electron chi connectivity index (χ0n) is 15.1. The van der Waals surface area contributed by atoms with Crippen molar-refractivity contribution in [1.82, 2.24) is 10.3 Å². The van der Waals surface area contributed by atoms with Crippen LogP contribution in [0.5, 0.6) is 5.88 Å². The fourth-order valence-electron chi connectivity index (χ4n) is 2.75. The van der Waals surface area contributed by atoms with E-state index in [9.17, 15) is 0 Å². The van der Waals surface area contributed by atoms with Gasteiger partial charge < -0.3 is 10.1 Å². The van der Waals surface area contributed by atoms with Crippen molar-refractivity contribution in [3.8, 4) is 5.88 Å². The quantitative estimate of drug-likeness (QED) is 0.877.